The van der Waals surface area contributed by atoms with Gasteiger partial charge in [0.25, 0.3) is 0 Å². The van der Waals surface area contributed by atoms with Gasteiger partial charge in [-0.25, -0.2) is 0 Å². The van der Waals surface area contributed by atoms with Gasteiger partial charge in [-0.05, 0) is 31.5 Å². The van der Waals surface area contributed by atoms with Crippen LogP contribution < -0.4 is 19.7 Å². The number of carbonyl (C=O) groups is 2. The first kappa shape index (κ1) is 19.5. The number of nitrogens with zero attached hydrogens (tertiary/aromatic N) is 2. The summed E-state index contributed by atoms with van der Waals surface area (Å²) in [6.45, 7) is 4.98. The Morgan fingerprint density at radius 3 is 2.78 bits per heavy atom. The first-order valence-electron chi connectivity index (χ1n) is 9.62. The number of nitrogens with one attached hydrogen (secondary N) is 1. The quantitative estimate of drug-likeness (QED) is 0.785. The molecule has 2 aliphatic heterocycles. The summed E-state index contributed by atoms with van der Waals surface area (Å²) in [4.78, 5) is 29.5. The van der Waals surface area contributed by atoms with Crippen LogP contribution in [-0.2, 0) is 9.59 Å². The van der Waals surface area contributed by atoms with Gasteiger partial charge in [0.1, 0.15) is 11.5 Å². The predicted octanol–water partition coefficient (Wildman–Crippen LogP) is 1.66. The van der Waals surface area contributed by atoms with Crippen LogP contribution >= 0.6 is 0 Å². The van der Waals surface area contributed by atoms with Gasteiger partial charge >= 0.3 is 0 Å². The Bertz CT molecular complexity index is 688. The molecule has 0 aliphatic carbocycles. The van der Waals surface area contributed by atoms with Gasteiger partial charge in [-0.3, -0.25) is 9.59 Å². The Morgan fingerprint density at radius 1 is 1.33 bits per heavy atom. The van der Waals surface area contributed by atoms with Crippen LogP contribution in [0, 0.1) is 5.92 Å². The third kappa shape index (κ3) is 4.03. The molecule has 2 fully saturated rings. The molecule has 0 bridgehead atoms. The highest BCUT2D eigenvalue weighted by Gasteiger charge is 2.40. The zero-order chi connectivity index (χ0) is 19.4. The van der Waals surface area contributed by atoms with E-state index >= 15 is 0 Å². The summed E-state index contributed by atoms with van der Waals surface area (Å²) in [6.07, 6.45) is 2.13. The van der Waals surface area contributed by atoms with E-state index in [0.29, 0.717) is 23.7 Å². The molecule has 2 atom stereocenters. The highest BCUT2D eigenvalue weighted by Crippen LogP contribution is 2.36. The van der Waals surface area contributed by atoms with Crippen molar-refractivity contribution in [2.75, 3.05) is 45.3 Å². The van der Waals surface area contributed by atoms with E-state index in [-0.39, 0.29) is 30.2 Å². The molecule has 7 nitrogen and oxygen atoms in total. The highest BCUT2D eigenvalue weighted by atomic mass is 16.5. The first-order chi connectivity index (χ1) is 13.1. The van der Waals surface area contributed by atoms with Crippen LogP contribution in [0.25, 0.3) is 0 Å². The number of ether oxygens (including phenoxy) is 2. The maximum atomic E-state index is 13.2. The second kappa shape index (κ2) is 8.61. The Morgan fingerprint density at radius 2 is 2.15 bits per heavy atom. The lowest BCUT2D eigenvalue weighted by molar-refractivity contribution is -0.137. The SMILES string of the molecule is CCCN(C(=O)C1CC(=O)N(c2ccc(OC)cc2OC)C1)C1CCNC1. The molecule has 0 saturated carbocycles. The third-order valence-electron chi connectivity index (χ3n) is 5.37. The maximum absolute atomic E-state index is 13.2. The van der Waals surface area contributed by atoms with Gasteiger partial charge in [-0.2, -0.15) is 0 Å². The van der Waals surface area contributed by atoms with Crippen molar-refractivity contribution >= 4 is 17.5 Å². The minimum atomic E-state index is -0.309. The molecule has 0 spiro atoms. The molecule has 1 aromatic carbocycles. The number of hydrogen-bond donors (Lipinski definition) is 1. The Hall–Kier alpha value is -2.28. The van der Waals surface area contributed by atoms with Crippen molar-refractivity contribution in [3.8, 4) is 11.5 Å². The zero-order valence-corrected chi connectivity index (χ0v) is 16.4. The lowest BCUT2D eigenvalue weighted by Gasteiger charge is -2.30. The standard InChI is InChI=1S/C20H29N3O4/c1-4-9-22(15-7-8-21-12-15)20(25)14-10-19(24)23(13-14)17-6-5-16(26-2)11-18(17)27-3/h5-6,11,14-15,21H,4,7-10,12-13H2,1-3H3. The number of rotatable bonds is 7. The summed E-state index contributed by atoms with van der Waals surface area (Å²) in [6, 6.07) is 5.60. The molecule has 7 heteroatoms. The molecular weight excluding hydrogens is 346 g/mol. The van der Waals surface area contributed by atoms with Crippen LogP contribution in [0.15, 0.2) is 18.2 Å². The van der Waals surface area contributed by atoms with E-state index < -0.39 is 0 Å². The average Bonchev–Trinajstić information content (AvgIpc) is 3.35. The fourth-order valence-corrected chi connectivity index (χ4v) is 3.97. The van der Waals surface area contributed by atoms with E-state index in [0.717, 1.165) is 32.5 Å². The van der Waals surface area contributed by atoms with E-state index in [1.54, 1.807) is 31.3 Å². The van der Waals surface area contributed by atoms with Gasteiger partial charge < -0.3 is 24.6 Å². The summed E-state index contributed by atoms with van der Waals surface area (Å²) in [5.74, 6) is 0.974. The number of benzene rings is 1. The van der Waals surface area contributed by atoms with Crippen LogP contribution in [0.3, 0.4) is 0 Å². The molecule has 2 unspecified atom stereocenters. The number of amides is 2. The first-order valence-corrected chi connectivity index (χ1v) is 9.62. The third-order valence-corrected chi connectivity index (χ3v) is 5.37. The molecule has 27 heavy (non-hydrogen) atoms. The van der Waals surface area contributed by atoms with Gasteiger partial charge in [0.2, 0.25) is 11.8 Å². The van der Waals surface area contributed by atoms with E-state index in [1.165, 1.54) is 0 Å². The average molecular weight is 375 g/mol. The summed E-state index contributed by atoms with van der Waals surface area (Å²) >= 11 is 0. The second-order valence-corrected chi connectivity index (χ2v) is 7.12. The van der Waals surface area contributed by atoms with E-state index in [1.807, 2.05) is 11.0 Å². The lowest BCUT2D eigenvalue weighted by Crippen LogP contribution is -2.45. The topological polar surface area (TPSA) is 71.1 Å². The molecule has 3 rings (SSSR count). The van der Waals surface area contributed by atoms with Crippen molar-refractivity contribution in [1.82, 2.24) is 10.2 Å². The molecule has 2 amide bonds. The van der Waals surface area contributed by atoms with Gasteiger partial charge in [-0.15, -0.1) is 0 Å². The molecular formula is C20H29N3O4. The molecule has 2 heterocycles. The van der Waals surface area contributed by atoms with E-state index in [2.05, 4.69) is 12.2 Å². The zero-order valence-electron chi connectivity index (χ0n) is 16.4. The van der Waals surface area contributed by atoms with Crippen molar-refractivity contribution in [3.63, 3.8) is 0 Å². The fraction of sp³-hybridized carbons (Fsp3) is 0.600. The fourth-order valence-electron chi connectivity index (χ4n) is 3.97. The molecule has 1 N–H and O–H groups in total. The van der Waals surface area contributed by atoms with Crippen LogP contribution in [-0.4, -0.2) is 63.2 Å². The maximum Gasteiger partial charge on any atom is 0.228 e. The number of anilines is 1. The van der Waals surface area contributed by atoms with Crippen LogP contribution in [0.4, 0.5) is 5.69 Å². The summed E-state index contributed by atoms with van der Waals surface area (Å²) < 4.78 is 10.7. The Kier molecular flexibility index (Phi) is 6.21. The largest absolute Gasteiger partial charge is 0.497 e. The summed E-state index contributed by atoms with van der Waals surface area (Å²) in [7, 11) is 3.15. The molecule has 2 saturated heterocycles. The van der Waals surface area contributed by atoms with Crippen molar-refractivity contribution in [2.24, 2.45) is 5.92 Å². The van der Waals surface area contributed by atoms with Crippen molar-refractivity contribution < 1.29 is 19.1 Å². The normalized spacial score (nSPS) is 22.2. The number of carbonyl (C=O) groups excluding carboxylic acids is 2. The van der Waals surface area contributed by atoms with Crippen LogP contribution in [0.1, 0.15) is 26.2 Å². The van der Waals surface area contributed by atoms with Gasteiger partial charge in [0.05, 0.1) is 25.8 Å². The number of hydrogen-bond acceptors (Lipinski definition) is 5. The monoisotopic (exact) mass is 375 g/mol. The highest BCUT2D eigenvalue weighted by molar-refractivity contribution is 6.01. The van der Waals surface area contributed by atoms with Crippen LogP contribution in [0.2, 0.25) is 0 Å². The van der Waals surface area contributed by atoms with Gasteiger partial charge in [-0.1, -0.05) is 6.92 Å². The van der Waals surface area contributed by atoms with Crippen molar-refractivity contribution in [1.29, 1.82) is 0 Å². The minimum absolute atomic E-state index is 0.0437. The molecule has 1 aromatic rings. The van der Waals surface area contributed by atoms with E-state index in [4.69, 9.17) is 9.47 Å². The van der Waals surface area contributed by atoms with Gasteiger partial charge in [0.15, 0.2) is 0 Å². The molecule has 0 radical (unpaired) electrons. The molecule has 148 valence electrons. The van der Waals surface area contributed by atoms with Gasteiger partial charge in [0, 0.05) is 38.2 Å². The summed E-state index contributed by atoms with van der Waals surface area (Å²) in [5, 5.41) is 3.33. The predicted molar refractivity (Wildman–Crippen MR) is 103 cm³/mol. The second-order valence-electron chi connectivity index (χ2n) is 7.12. The minimum Gasteiger partial charge on any atom is -0.497 e. The Balaban J connectivity index is 1.77. The molecule has 0 aromatic heterocycles. The summed E-state index contributed by atoms with van der Waals surface area (Å²) in [5.41, 5.74) is 0.683. The van der Waals surface area contributed by atoms with E-state index in [9.17, 15) is 9.59 Å². The van der Waals surface area contributed by atoms with Crippen LogP contribution in [0.5, 0.6) is 11.5 Å². The molecule has 2 aliphatic rings. The number of methoxy groups -OCH3 is 2. The van der Waals surface area contributed by atoms with Crippen molar-refractivity contribution in [2.45, 2.75) is 32.2 Å². The smallest absolute Gasteiger partial charge is 0.228 e. The lowest BCUT2D eigenvalue weighted by atomic mass is 10.0. The van der Waals surface area contributed by atoms with Crippen molar-refractivity contribution in [3.05, 3.63) is 18.2 Å². The Labute approximate surface area is 160 Å².